The number of hydrogen-bond donors (Lipinski definition) is 3. The van der Waals surface area contributed by atoms with Crippen LogP contribution in [0.25, 0.3) is 0 Å². The van der Waals surface area contributed by atoms with Crippen LogP contribution >= 0.6 is 0 Å². The first-order valence-corrected chi connectivity index (χ1v) is 12.2. The van der Waals surface area contributed by atoms with E-state index in [2.05, 4.69) is 22.3 Å². The van der Waals surface area contributed by atoms with E-state index in [-0.39, 0.29) is 16.5 Å². The van der Waals surface area contributed by atoms with Gasteiger partial charge in [0, 0.05) is 11.6 Å². The van der Waals surface area contributed by atoms with Crippen molar-refractivity contribution in [3.8, 4) is 0 Å². The molecule has 9 nitrogen and oxygen atoms in total. The smallest absolute Gasteiger partial charge is 0.338 e. The second kappa shape index (κ2) is 10.4. The second-order valence-corrected chi connectivity index (χ2v) is 11.0. The summed E-state index contributed by atoms with van der Waals surface area (Å²) in [5, 5.41) is 4.94. The van der Waals surface area contributed by atoms with E-state index in [1.807, 2.05) is 0 Å². The first-order chi connectivity index (χ1) is 14.8. The Balaban J connectivity index is 1.96. The average molecular weight is 468 g/mol. The maximum absolute atomic E-state index is 12.5. The Bertz CT molecular complexity index is 968. The first kappa shape index (κ1) is 25.8. The minimum atomic E-state index is -3.85. The van der Waals surface area contributed by atoms with Crippen LogP contribution in [-0.4, -0.2) is 44.5 Å². The van der Waals surface area contributed by atoms with Crippen molar-refractivity contribution in [1.29, 1.82) is 0 Å². The van der Waals surface area contributed by atoms with Gasteiger partial charge < -0.3 is 10.1 Å². The van der Waals surface area contributed by atoms with Gasteiger partial charge >= 0.3 is 12.0 Å². The van der Waals surface area contributed by atoms with Gasteiger partial charge in [0.25, 0.3) is 5.91 Å². The predicted octanol–water partition coefficient (Wildman–Crippen LogP) is 2.63. The molecule has 1 aromatic rings. The maximum Gasteiger partial charge on any atom is 0.338 e. The Morgan fingerprint density at radius 1 is 1.12 bits per heavy atom. The van der Waals surface area contributed by atoms with Crippen LogP contribution in [0.3, 0.4) is 0 Å². The van der Waals surface area contributed by atoms with Crippen LogP contribution in [0.1, 0.15) is 69.3 Å². The highest BCUT2D eigenvalue weighted by molar-refractivity contribution is 7.89. The van der Waals surface area contributed by atoms with Gasteiger partial charge in [-0.15, -0.1) is 0 Å². The summed E-state index contributed by atoms with van der Waals surface area (Å²) >= 11 is 0. The molecule has 0 radical (unpaired) electrons. The van der Waals surface area contributed by atoms with E-state index in [1.54, 1.807) is 27.7 Å². The van der Waals surface area contributed by atoms with Crippen molar-refractivity contribution in [1.82, 2.24) is 15.4 Å². The Morgan fingerprint density at radius 3 is 2.41 bits per heavy atom. The average Bonchev–Trinajstić information content (AvgIpc) is 2.66. The quantitative estimate of drug-likeness (QED) is 0.551. The number of esters is 1. The third-order valence-corrected chi connectivity index (χ3v) is 6.95. The number of imide groups is 1. The number of amides is 3. The van der Waals surface area contributed by atoms with Gasteiger partial charge in [-0.1, -0.05) is 25.8 Å². The molecule has 0 aliphatic heterocycles. The molecule has 0 aromatic heterocycles. The Morgan fingerprint density at radius 2 is 1.78 bits per heavy atom. The highest BCUT2D eigenvalue weighted by Gasteiger charge is 2.25. The molecule has 2 rings (SSSR count). The fourth-order valence-electron chi connectivity index (χ4n) is 3.56. The van der Waals surface area contributed by atoms with Gasteiger partial charge in [0.15, 0.2) is 6.61 Å². The molecule has 0 spiro atoms. The molecule has 2 atom stereocenters. The summed E-state index contributed by atoms with van der Waals surface area (Å²) in [4.78, 5) is 36.4. The van der Waals surface area contributed by atoms with E-state index >= 15 is 0 Å². The third kappa shape index (κ3) is 7.59. The van der Waals surface area contributed by atoms with Crippen LogP contribution in [0.5, 0.6) is 0 Å². The summed E-state index contributed by atoms with van der Waals surface area (Å²) < 4.78 is 32.6. The van der Waals surface area contributed by atoms with Gasteiger partial charge in [-0.05, 0) is 64.2 Å². The topological polar surface area (TPSA) is 131 Å². The molecule has 2 unspecified atom stereocenters. The van der Waals surface area contributed by atoms with E-state index in [0.717, 1.165) is 25.7 Å². The number of ether oxygens (including phenoxy) is 1. The van der Waals surface area contributed by atoms with Crippen molar-refractivity contribution in [3.63, 3.8) is 0 Å². The fraction of sp³-hybridized carbons (Fsp3) is 0.591. The third-order valence-electron chi connectivity index (χ3n) is 5.20. The van der Waals surface area contributed by atoms with Crippen LogP contribution in [0, 0.1) is 12.8 Å². The summed E-state index contributed by atoms with van der Waals surface area (Å²) in [6.07, 6.45) is 4.04. The van der Waals surface area contributed by atoms with Gasteiger partial charge in [-0.3, -0.25) is 10.1 Å². The van der Waals surface area contributed by atoms with Crippen LogP contribution in [0.2, 0.25) is 0 Å². The molecule has 0 saturated heterocycles. The largest absolute Gasteiger partial charge is 0.452 e. The molecule has 1 aliphatic rings. The molecule has 32 heavy (non-hydrogen) atoms. The normalized spacial score (nSPS) is 19.2. The molecule has 1 fully saturated rings. The van der Waals surface area contributed by atoms with E-state index in [1.165, 1.54) is 18.2 Å². The van der Waals surface area contributed by atoms with Crippen molar-refractivity contribution < 1.29 is 27.5 Å². The molecule has 1 aliphatic carbocycles. The lowest BCUT2D eigenvalue weighted by Gasteiger charge is -2.29. The van der Waals surface area contributed by atoms with Crippen molar-refractivity contribution in [3.05, 3.63) is 29.3 Å². The number of carbonyl (C=O) groups is 3. The first-order valence-electron chi connectivity index (χ1n) is 10.7. The zero-order valence-electron chi connectivity index (χ0n) is 19.3. The number of benzene rings is 1. The number of hydrogen-bond acceptors (Lipinski definition) is 6. The highest BCUT2D eigenvalue weighted by atomic mass is 32.2. The number of rotatable bonds is 6. The lowest BCUT2D eigenvalue weighted by atomic mass is 9.86. The molecule has 3 amide bonds. The Kier molecular flexibility index (Phi) is 8.41. The number of nitrogens with one attached hydrogen (secondary N) is 3. The highest BCUT2D eigenvalue weighted by Crippen LogP contribution is 2.23. The van der Waals surface area contributed by atoms with Crippen LogP contribution in [0.4, 0.5) is 4.79 Å². The minimum Gasteiger partial charge on any atom is -0.452 e. The minimum absolute atomic E-state index is 0.00754. The van der Waals surface area contributed by atoms with Crippen molar-refractivity contribution in [2.45, 2.75) is 76.8 Å². The van der Waals surface area contributed by atoms with E-state index in [4.69, 9.17) is 4.74 Å². The van der Waals surface area contributed by atoms with E-state index in [9.17, 15) is 22.8 Å². The summed E-state index contributed by atoms with van der Waals surface area (Å²) in [6.45, 7) is 8.14. The lowest BCUT2D eigenvalue weighted by Crippen LogP contribution is -2.48. The Labute approximate surface area is 189 Å². The fourth-order valence-corrected chi connectivity index (χ4v) is 5.00. The van der Waals surface area contributed by atoms with Crippen LogP contribution < -0.4 is 15.4 Å². The molecule has 10 heteroatoms. The molecule has 0 heterocycles. The zero-order valence-corrected chi connectivity index (χ0v) is 20.1. The Hall–Kier alpha value is -2.46. The SMILES string of the molecule is Cc1ccc(S(=O)(=O)NC(C)(C)C)cc1C(=O)OCC(=O)NC(=O)NC1CCCCC1C. The molecule has 0 bridgehead atoms. The zero-order chi connectivity index (χ0) is 24.1. The monoisotopic (exact) mass is 467 g/mol. The van der Waals surface area contributed by atoms with Crippen molar-refractivity contribution in [2.75, 3.05) is 6.61 Å². The number of sulfonamides is 1. The lowest BCUT2D eigenvalue weighted by molar-refractivity contribution is -0.123. The van der Waals surface area contributed by atoms with Crippen LogP contribution in [0.15, 0.2) is 23.1 Å². The molecular weight excluding hydrogens is 434 g/mol. The molecule has 178 valence electrons. The van der Waals surface area contributed by atoms with Crippen molar-refractivity contribution in [2.24, 2.45) is 5.92 Å². The standard InChI is InChI=1S/C22H33N3O6S/c1-14-10-11-16(32(29,30)25-22(3,4)5)12-17(14)20(27)31-13-19(26)24-21(28)23-18-9-7-6-8-15(18)2/h10-12,15,18,25H,6-9,13H2,1-5H3,(H2,23,24,26,28). The van der Waals surface area contributed by atoms with Crippen molar-refractivity contribution >= 4 is 27.9 Å². The van der Waals surface area contributed by atoms with Gasteiger partial charge in [0.1, 0.15) is 0 Å². The van der Waals surface area contributed by atoms with Gasteiger partial charge in [0.05, 0.1) is 10.5 Å². The number of aryl methyl sites for hydroxylation is 1. The summed E-state index contributed by atoms with van der Waals surface area (Å²) in [7, 11) is -3.85. The van der Waals surface area contributed by atoms with Gasteiger partial charge in [-0.25, -0.2) is 22.7 Å². The summed E-state index contributed by atoms with van der Waals surface area (Å²) in [5.41, 5.74) is -0.178. The number of urea groups is 1. The summed E-state index contributed by atoms with van der Waals surface area (Å²) in [5.74, 6) is -1.29. The number of carbonyl (C=O) groups excluding carboxylic acids is 3. The van der Waals surface area contributed by atoms with Crippen LogP contribution in [-0.2, 0) is 19.6 Å². The second-order valence-electron chi connectivity index (χ2n) is 9.30. The van der Waals surface area contributed by atoms with E-state index in [0.29, 0.717) is 11.5 Å². The maximum atomic E-state index is 12.5. The molecule has 3 N–H and O–H groups in total. The van der Waals surface area contributed by atoms with Gasteiger partial charge in [-0.2, -0.15) is 0 Å². The molecule has 1 saturated carbocycles. The predicted molar refractivity (Wildman–Crippen MR) is 120 cm³/mol. The van der Waals surface area contributed by atoms with Gasteiger partial charge in [0.2, 0.25) is 10.0 Å². The summed E-state index contributed by atoms with van der Waals surface area (Å²) in [6, 6.07) is 3.48. The molecule has 1 aromatic carbocycles. The molecular formula is C22H33N3O6S. The van der Waals surface area contributed by atoms with E-state index < -0.39 is 40.1 Å².